The highest BCUT2D eigenvalue weighted by molar-refractivity contribution is 6.68. The third-order valence-corrected chi connectivity index (χ3v) is 11.3. The van der Waals surface area contributed by atoms with Crippen molar-refractivity contribution < 1.29 is 0 Å². The van der Waals surface area contributed by atoms with Gasteiger partial charge in [0.2, 0.25) is 0 Å². The molecule has 0 saturated heterocycles. The summed E-state index contributed by atoms with van der Waals surface area (Å²) < 4.78 is 2.40. The van der Waals surface area contributed by atoms with Crippen LogP contribution in [-0.2, 0) is 0 Å². The summed E-state index contributed by atoms with van der Waals surface area (Å²) in [6, 6.07) is 48.3. The van der Waals surface area contributed by atoms with Crippen LogP contribution in [0.1, 0.15) is 0 Å². The molecule has 0 fully saturated rings. The van der Waals surface area contributed by atoms with Gasteiger partial charge in [0.1, 0.15) is 45.1 Å². The van der Waals surface area contributed by atoms with Crippen LogP contribution in [0.2, 0.25) is 0 Å². The van der Waals surface area contributed by atoms with Crippen LogP contribution in [0.5, 0.6) is 0 Å². The molecule has 0 radical (unpaired) electrons. The predicted octanol–water partition coefficient (Wildman–Crippen LogP) is 2.69. The first-order valence-corrected chi connectivity index (χ1v) is 18.0. The van der Waals surface area contributed by atoms with Gasteiger partial charge in [-0.15, -0.1) is 5.46 Å². The van der Waals surface area contributed by atoms with Crippen LogP contribution in [0.4, 0.5) is 0 Å². The molecule has 2 aromatic heterocycles. The van der Waals surface area contributed by atoms with Gasteiger partial charge < -0.3 is 0 Å². The van der Waals surface area contributed by atoms with E-state index in [0.717, 1.165) is 28.0 Å². The van der Waals surface area contributed by atoms with Gasteiger partial charge in [0.25, 0.3) is 0 Å². The van der Waals surface area contributed by atoms with Crippen LogP contribution in [-0.4, -0.2) is 53.8 Å². The molecular weight excluding hydrogens is 625 g/mol. The van der Waals surface area contributed by atoms with Gasteiger partial charge in [0, 0.05) is 23.6 Å². The first-order chi connectivity index (χ1) is 25.4. The van der Waals surface area contributed by atoms with Crippen molar-refractivity contribution in [2.24, 2.45) is 0 Å². The first-order valence-electron chi connectivity index (χ1n) is 18.0. The number of pyridine rings is 1. The molecule has 0 amide bonds. The van der Waals surface area contributed by atoms with E-state index in [-0.39, 0.29) is 0 Å². The van der Waals surface area contributed by atoms with E-state index in [9.17, 15) is 0 Å². The number of hydrogen-bond acceptors (Lipinski definition) is 2. The predicted molar refractivity (Wildman–Crippen MR) is 237 cm³/mol. The zero-order valence-corrected chi connectivity index (χ0v) is 30.2. The van der Waals surface area contributed by atoms with E-state index in [1.807, 2.05) is 12.4 Å². The second-order valence-electron chi connectivity index (χ2n) is 14.0. The Labute approximate surface area is 308 Å². The number of fused-ring (bicyclic) bond motifs is 3. The molecule has 8 heteroatoms. The lowest BCUT2D eigenvalue weighted by Crippen LogP contribution is -2.56. The molecule has 0 atom stereocenters. The molecule has 0 N–H and O–H groups in total. The van der Waals surface area contributed by atoms with Crippen LogP contribution in [0, 0.1) is 0 Å². The Bertz CT molecular complexity index is 2760. The van der Waals surface area contributed by atoms with Gasteiger partial charge in [-0.1, -0.05) is 125 Å². The smallest absolute Gasteiger partial charge is 0.145 e. The maximum Gasteiger partial charge on any atom is 0.145 e. The van der Waals surface area contributed by atoms with Crippen LogP contribution in [0.25, 0.3) is 83.0 Å². The summed E-state index contributed by atoms with van der Waals surface area (Å²) in [5, 5.41) is 4.94. The van der Waals surface area contributed by atoms with Gasteiger partial charge in [0.05, 0.1) is 11.0 Å². The van der Waals surface area contributed by atoms with E-state index >= 15 is 0 Å². The van der Waals surface area contributed by atoms with Crippen LogP contribution >= 0.6 is 0 Å². The number of benzene rings is 7. The molecule has 3 nitrogen and oxygen atoms in total. The zero-order valence-electron chi connectivity index (χ0n) is 30.2. The lowest BCUT2D eigenvalue weighted by Gasteiger charge is -2.23. The third-order valence-electron chi connectivity index (χ3n) is 11.3. The van der Waals surface area contributed by atoms with E-state index in [4.69, 9.17) is 4.98 Å². The van der Waals surface area contributed by atoms with E-state index in [2.05, 4.69) is 182 Å². The van der Waals surface area contributed by atoms with Crippen molar-refractivity contribution in [3.8, 4) is 50.5 Å². The van der Waals surface area contributed by atoms with E-state index in [1.54, 1.807) is 0 Å². The molecule has 7 aromatic carbocycles. The Kier molecular flexibility index (Phi) is 7.77. The van der Waals surface area contributed by atoms with E-state index < -0.39 is 0 Å². The highest BCUT2D eigenvalue weighted by Crippen LogP contribution is 2.44. The second-order valence-corrected chi connectivity index (χ2v) is 14.0. The molecule has 52 heavy (non-hydrogen) atoms. The molecular formula is C44H34B5N3. The van der Waals surface area contributed by atoms with E-state index in [0.29, 0.717) is 0 Å². The highest BCUT2D eigenvalue weighted by atomic mass is 15.1. The SMILES string of the molecule is Bc1c(B)c(B)c(-n2c(-c3cccc(-c4c5ccccc5c(-c5ccc(-c6ccncc6)cc5)c5ccccc45)c3)nc3ccccc32)c(B)c1B. The van der Waals surface area contributed by atoms with Crippen LogP contribution in [0.15, 0.2) is 146 Å². The summed E-state index contributed by atoms with van der Waals surface area (Å²) in [5.74, 6) is 0.955. The molecule has 0 aliphatic rings. The van der Waals surface area contributed by atoms with Crippen molar-refractivity contribution >= 4 is 99.1 Å². The molecule has 0 spiro atoms. The standard InChI is InChI=1S/C44H34B5N3/c45-38-39(46)41(48)43(42(49)40(38)47)52-35-15-6-5-14-34(35)51-44(52)29-9-7-8-28(24-29)37-32-12-3-1-10-30(32)36(31-11-2-4-13-33(31)37)27-18-16-25(17-19-27)26-20-22-50-23-21-26/h1-24H,45-49H2. The number of hydrogen-bond donors (Lipinski definition) is 0. The highest BCUT2D eigenvalue weighted by Gasteiger charge is 2.22. The first kappa shape index (κ1) is 31.9. The molecule has 0 saturated carbocycles. The number of rotatable bonds is 5. The number of nitrogens with zero attached hydrogens (tertiary/aromatic N) is 3. The summed E-state index contributed by atoms with van der Waals surface area (Å²) in [4.78, 5) is 9.52. The van der Waals surface area contributed by atoms with Crippen molar-refractivity contribution in [2.75, 3.05) is 0 Å². The Morgan fingerprint density at radius 2 is 0.885 bits per heavy atom. The maximum absolute atomic E-state index is 5.32. The average Bonchev–Trinajstić information content (AvgIpc) is 3.58. The topological polar surface area (TPSA) is 30.7 Å². The molecule has 0 aliphatic carbocycles. The summed E-state index contributed by atoms with van der Waals surface area (Å²) in [7, 11) is 11.2. The Morgan fingerprint density at radius 3 is 1.50 bits per heavy atom. The fraction of sp³-hybridized carbons (Fsp3) is 0. The number of aromatic nitrogens is 3. The van der Waals surface area contributed by atoms with Gasteiger partial charge in [-0.25, -0.2) is 4.98 Å². The molecule has 0 unspecified atom stereocenters. The summed E-state index contributed by atoms with van der Waals surface area (Å²) in [5.41, 5.74) is 18.3. The van der Waals surface area contributed by atoms with Gasteiger partial charge in [-0.05, 0) is 85.3 Å². The number of para-hydroxylation sites is 2. The third kappa shape index (κ3) is 5.05. The van der Waals surface area contributed by atoms with Gasteiger partial charge in [-0.3, -0.25) is 9.55 Å². The van der Waals surface area contributed by atoms with Crippen molar-refractivity contribution in [2.45, 2.75) is 0 Å². The number of imidazole rings is 1. The second kappa shape index (κ2) is 12.6. The largest absolute Gasteiger partial charge is 0.294 e. The molecule has 0 bridgehead atoms. The summed E-state index contributed by atoms with van der Waals surface area (Å²) in [6.07, 6.45) is 3.69. The minimum absolute atomic E-state index is 0.955. The monoisotopic (exact) mass is 659 g/mol. The Balaban J connectivity index is 1.27. The molecule has 2 heterocycles. The lowest BCUT2D eigenvalue weighted by molar-refractivity contribution is 1.12. The van der Waals surface area contributed by atoms with Crippen molar-refractivity contribution in [1.82, 2.24) is 14.5 Å². The van der Waals surface area contributed by atoms with Gasteiger partial charge >= 0.3 is 0 Å². The minimum Gasteiger partial charge on any atom is -0.294 e. The van der Waals surface area contributed by atoms with Gasteiger partial charge in [-0.2, -0.15) is 0 Å². The minimum atomic E-state index is 0.955. The summed E-state index contributed by atoms with van der Waals surface area (Å²) >= 11 is 0. The zero-order chi connectivity index (χ0) is 35.5. The molecule has 9 rings (SSSR count). The van der Waals surface area contributed by atoms with Gasteiger partial charge in [0.15, 0.2) is 0 Å². The molecule has 9 aromatic rings. The Hall–Kier alpha value is -6.00. The lowest BCUT2D eigenvalue weighted by atomic mass is 9.61. The Morgan fingerprint density at radius 1 is 0.404 bits per heavy atom. The maximum atomic E-state index is 5.32. The molecule has 240 valence electrons. The van der Waals surface area contributed by atoms with Crippen molar-refractivity contribution in [1.29, 1.82) is 0 Å². The van der Waals surface area contributed by atoms with Crippen molar-refractivity contribution in [3.63, 3.8) is 0 Å². The normalized spacial score (nSPS) is 11.5. The molecule has 0 aliphatic heterocycles. The summed E-state index contributed by atoms with van der Waals surface area (Å²) in [6.45, 7) is 0. The fourth-order valence-corrected chi connectivity index (χ4v) is 8.20. The quantitative estimate of drug-likeness (QED) is 0.211. The van der Waals surface area contributed by atoms with Crippen LogP contribution < -0.4 is 27.3 Å². The van der Waals surface area contributed by atoms with Crippen LogP contribution in [0.3, 0.4) is 0 Å². The average molecular weight is 659 g/mol. The fourth-order valence-electron chi connectivity index (χ4n) is 8.20. The van der Waals surface area contributed by atoms with Crippen molar-refractivity contribution in [3.05, 3.63) is 146 Å². The van der Waals surface area contributed by atoms with E-state index in [1.165, 1.54) is 82.4 Å².